The molecular weight excluding hydrogens is 260 g/mol. The molecule has 0 aliphatic rings. The first kappa shape index (κ1) is 14.9. The third-order valence-electron chi connectivity index (χ3n) is 3.48. The lowest BCUT2D eigenvalue weighted by Crippen LogP contribution is -2.21. The fraction of sp³-hybridized carbons (Fsp3) is 0.294. The van der Waals surface area contributed by atoms with Gasteiger partial charge in [-0.1, -0.05) is 6.07 Å². The summed E-state index contributed by atoms with van der Waals surface area (Å²) < 4.78 is 0. The Hall–Kier alpha value is -2.54. The van der Waals surface area contributed by atoms with E-state index >= 15 is 0 Å². The predicted molar refractivity (Wildman–Crippen MR) is 86.3 cm³/mol. The van der Waals surface area contributed by atoms with Crippen LogP contribution in [0.2, 0.25) is 0 Å². The number of anilines is 2. The molecule has 1 aromatic heterocycles. The Kier molecular flexibility index (Phi) is 5.16. The van der Waals surface area contributed by atoms with Crippen LogP contribution >= 0.6 is 0 Å². The van der Waals surface area contributed by atoms with Gasteiger partial charge in [-0.15, -0.1) is 0 Å². The van der Waals surface area contributed by atoms with Crippen molar-refractivity contribution in [1.29, 1.82) is 5.26 Å². The summed E-state index contributed by atoms with van der Waals surface area (Å²) >= 11 is 0. The highest BCUT2D eigenvalue weighted by atomic mass is 15.1. The van der Waals surface area contributed by atoms with Crippen molar-refractivity contribution in [2.75, 3.05) is 23.3 Å². The lowest BCUT2D eigenvalue weighted by molar-refractivity contribution is 0.866. The van der Waals surface area contributed by atoms with Crippen LogP contribution in [0.4, 0.5) is 11.4 Å². The Labute approximate surface area is 126 Å². The van der Waals surface area contributed by atoms with Gasteiger partial charge < -0.3 is 10.2 Å². The molecule has 0 aliphatic carbocycles. The number of nitrogens with zero attached hydrogens (tertiary/aromatic N) is 3. The van der Waals surface area contributed by atoms with E-state index in [4.69, 9.17) is 5.26 Å². The van der Waals surface area contributed by atoms with E-state index in [9.17, 15) is 0 Å². The minimum Gasteiger partial charge on any atom is -0.381 e. The van der Waals surface area contributed by atoms with Gasteiger partial charge in [0.2, 0.25) is 0 Å². The van der Waals surface area contributed by atoms with Crippen molar-refractivity contribution in [1.82, 2.24) is 4.98 Å². The Morgan fingerprint density at radius 3 is 2.48 bits per heavy atom. The van der Waals surface area contributed by atoms with Crippen molar-refractivity contribution >= 4 is 11.4 Å². The molecule has 2 aromatic rings. The summed E-state index contributed by atoms with van der Waals surface area (Å²) in [4.78, 5) is 6.37. The quantitative estimate of drug-likeness (QED) is 0.881. The summed E-state index contributed by atoms with van der Waals surface area (Å²) in [5.74, 6) is 0. The molecule has 2 rings (SSSR count). The monoisotopic (exact) mass is 280 g/mol. The zero-order valence-corrected chi connectivity index (χ0v) is 12.5. The number of pyridine rings is 1. The number of benzene rings is 1. The molecule has 0 bridgehead atoms. The molecule has 108 valence electrons. The molecule has 0 unspecified atom stereocenters. The first-order chi connectivity index (χ1) is 10.3. The van der Waals surface area contributed by atoms with Crippen LogP contribution in [0.5, 0.6) is 0 Å². The molecule has 1 aromatic carbocycles. The molecule has 0 aliphatic heterocycles. The summed E-state index contributed by atoms with van der Waals surface area (Å²) in [5.41, 5.74) is 3.65. The van der Waals surface area contributed by atoms with Crippen LogP contribution in [-0.4, -0.2) is 18.1 Å². The van der Waals surface area contributed by atoms with Gasteiger partial charge in [0.15, 0.2) is 0 Å². The Morgan fingerprint density at radius 2 is 1.86 bits per heavy atom. The van der Waals surface area contributed by atoms with Crippen LogP contribution in [0.1, 0.15) is 25.1 Å². The molecule has 0 radical (unpaired) electrons. The minimum absolute atomic E-state index is 0.477. The summed E-state index contributed by atoms with van der Waals surface area (Å²) in [6, 6.07) is 14.2. The first-order valence-corrected chi connectivity index (χ1v) is 7.21. The van der Waals surface area contributed by atoms with E-state index < -0.39 is 0 Å². The second-order valence-corrected chi connectivity index (χ2v) is 4.70. The van der Waals surface area contributed by atoms with E-state index in [0.717, 1.165) is 24.3 Å². The zero-order valence-electron chi connectivity index (χ0n) is 12.5. The lowest BCUT2D eigenvalue weighted by Gasteiger charge is -2.21. The summed E-state index contributed by atoms with van der Waals surface area (Å²) in [5, 5.41) is 12.3. The number of hydrogen-bond acceptors (Lipinski definition) is 4. The molecule has 0 atom stereocenters. The second kappa shape index (κ2) is 7.30. The summed E-state index contributed by atoms with van der Waals surface area (Å²) in [6.07, 6.45) is 1.64. The highest BCUT2D eigenvalue weighted by Crippen LogP contribution is 2.18. The van der Waals surface area contributed by atoms with E-state index in [1.165, 1.54) is 5.69 Å². The van der Waals surface area contributed by atoms with Gasteiger partial charge in [-0.25, -0.2) is 4.98 Å². The highest BCUT2D eigenvalue weighted by Gasteiger charge is 2.03. The second-order valence-electron chi connectivity index (χ2n) is 4.70. The number of nitrogens with one attached hydrogen (secondary N) is 1. The fourth-order valence-electron chi connectivity index (χ4n) is 2.26. The molecule has 0 saturated carbocycles. The standard InChI is InChI=1S/C17H20N4/c1-3-21(4-2)16-9-7-15(8-10-16)20-13-14-6-5-11-19-17(14)12-18/h5-11,20H,3-4,13H2,1-2H3. The van der Waals surface area contributed by atoms with Gasteiger partial charge in [-0.3, -0.25) is 0 Å². The molecule has 0 amide bonds. The Bertz CT molecular complexity index is 609. The van der Waals surface area contributed by atoms with Gasteiger partial charge in [0.25, 0.3) is 0 Å². The molecule has 4 nitrogen and oxygen atoms in total. The normalized spacial score (nSPS) is 9.95. The van der Waals surface area contributed by atoms with Crippen LogP contribution < -0.4 is 10.2 Å². The van der Waals surface area contributed by atoms with Crippen LogP contribution in [-0.2, 0) is 6.54 Å². The summed E-state index contributed by atoms with van der Waals surface area (Å²) in [7, 11) is 0. The summed E-state index contributed by atoms with van der Waals surface area (Å²) in [6.45, 7) is 6.92. The Morgan fingerprint density at radius 1 is 1.14 bits per heavy atom. The van der Waals surface area contributed by atoms with Crippen molar-refractivity contribution in [2.45, 2.75) is 20.4 Å². The third-order valence-corrected chi connectivity index (χ3v) is 3.48. The SMILES string of the molecule is CCN(CC)c1ccc(NCc2cccnc2C#N)cc1. The van der Waals surface area contributed by atoms with Gasteiger partial charge in [-0.2, -0.15) is 5.26 Å². The van der Waals surface area contributed by atoms with Crippen molar-refractivity contribution < 1.29 is 0 Å². The molecule has 0 saturated heterocycles. The van der Waals surface area contributed by atoms with Gasteiger partial charge in [0, 0.05) is 42.8 Å². The maximum atomic E-state index is 9.02. The van der Waals surface area contributed by atoms with Crippen LogP contribution in [0, 0.1) is 11.3 Å². The largest absolute Gasteiger partial charge is 0.381 e. The molecule has 4 heteroatoms. The fourth-order valence-corrected chi connectivity index (χ4v) is 2.26. The van der Waals surface area contributed by atoms with Crippen LogP contribution in [0.3, 0.4) is 0 Å². The maximum Gasteiger partial charge on any atom is 0.145 e. The van der Waals surface area contributed by atoms with Crippen molar-refractivity contribution in [3.8, 4) is 6.07 Å². The van der Waals surface area contributed by atoms with E-state index in [0.29, 0.717) is 12.2 Å². The molecule has 1 heterocycles. The molecule has 21 heavy (non-hydrogen) atoms. The van der Waals surface area contributed by atoms with E-state index in [1.54, 1.807) is 6.20 Å². The van der Waals surface area contributed by atoms with Crippen LogP contribution in [0.15, 0.2) is 42.6 Å². The predicted octanol–water partition coefficient (Wildman–Crippen LogP) is 3.41. The Balaban J connectivity index is 2.03. The molecule has 0 fully saturated rings. The first-order valence-electron chi connectivity index (χ1n) is 7.21. The van der Waals surface area contributed by atoms with E-state index in [1.807, 2.05) is 12.1 Å². The van der Waals surface area contributed by atoms with Gasteiger partial charge in [-0.05, 0) is 44.2 Å². The van der Waals surface area contributed by atoms with Gasteiger partial charge >= 0.3 is 0 Å². The number of hydrogen-bond donors (Lipinski definition) is 1. The average Bonchev–Trinajstić information content (AvgIpc) is 2.55. The van der Waals surface area contributed by atoms with E-state index in [2.05, 4.69) is 59.4 Å². The highest BCUT2D eigenvalue weighted by molar-refractivity contribution is 5.55. The lowest BCUT2D eigenvalue weighted by atomic mass is 10.2. The van der Waals surface area contributed by atoms with Gasteiger partial charge in [0.05, 0.1) is 0 Å². The van der Waals surface area contributed by atoms with Crippen molar-refractivity contribution in [3.05, 3.63) is 53.9 Å². The average molecular weight is 280 g/mol. The number of aromatic nitrogens is 1. The molecule has 0 spiro atoms. The van der Waals surface area contributed by atoms with Crippen LogP contribution in [0.25, 0.3) is 0 Å². The van der Waals surface area contributed by atoms with E-state index in [-0.39, 0.29) is 0 Å². The van der Waals surface area contributed by atoms with Crippen molar-refractivity contribution in [3.63, 3.8) is 0 Å². The minimum atomic E-state index is 0.477. The van der Waals surface area contributed by atoms with Crippen molar-refractivity contribution in [2.24, 2.45) is 0 Å². The third kappa shape index (κ3) is 3.73. The van der Waals surface area contributed by atoms with Gasteiger partial charge in [0.1, 0.15) is 11.8 Å². The maximum absolute atomic E-state index is 9.02. The molecule has 1 N–H and O–H groups in total. The smallest absolute Gasteiger partial charge is 0.145 e. The molecular formula is C17H20N4. The number of rotatable bonds is 6. The topological polar surface area (TPSA) is 52.0 Å². The zero-order chi connectivity index (χ0) is 15.1. The number of nitriles is 1.